The average Bonchev–Trinajstić information content (AvgIpc) is 2.97. The van der Waals surface area contributed by atoms with Crippen LogP contribution in [0.5, 0.6) is 0 Å². The molecule has 0 aromatic heterocycles. The van der Waals surface area contributed by atoms with Crippen molar-refractivity contribution in [2.45, 2.75) is 39.2 Å². The lowest BCUT2D eigenvalue weighted by Gasteiger charge is -2.29. The van der Waals surface area contributed by atoms with E-state index in [9.17, 15) is 0 Å². The first-order chi connectivity index (χ1) is 20.1. The molecule has 0 amide bonds. The summed E-state index contributed by atoms with van der Waals surface area (Å²) in [5.41, 5.74) is 22.0. The van der Waals surface area contributed by atoms with Gasteiger partial charge in [-0.15, -0.1) is 0 Å². The van der Waals surface area contributed by atoms with Crippen molar-refractivity contribution in [3.8, 4) is 0 Å². The van der Waals surface area contributed by atoms with Crippen LogP contribution in [0.25, 0.3) is 6.08 Å². The molecule has 0 spiro atoms. The number of anilines is 2. The van der Waals surface area contributed by atoms with Gasteiger partial charge in [-0.1, -0.05) is 109 Å². The van der Waals surface area contributed by atoms with Crippen LogP contribution in [0.1, 0.15) is 42.5 Å². The summed E-state index contributed by atoms with van der Waals surface area (Å²) in [7, 11) is 0. The normalized spacial score (nSPS) is 19.7. The summed E-state index contributed by atoms with van der Waals surface area (Å²) >= 11 is 0. The van der Waals surface area contributed by atoms with Gasteiger partial charge in [-0.05, 0) is 79.1 Å². The van der Waals surface area contributed by atoms with Crippen molar-refractivity contribution < 1.29 is 0 Å². The lowest BCUT2D eigenvalue weighted by atomic mass is 9.91. The van der Waals surface area contributed by atoms with Gasteiger partial charge in [0.1, 0.15) is 0 Å². The summed E-state index contributed by atoms with van der Waals surface area (Å²) < 4.78 is 0. The van der Waals surface area contributed by atoms with Crippen LogP contribution in [0.4, 0.5) is 11.4 Å². The second-order valence-corrected chi connectivity index (χ2v) is 10.7. The van der Waals surface area contributed by atoms with Crippen molar-refractivity contribution in [1.82, 2.24) is 5.43 Å². The highest BCUT2D eigenvalue weighted by Crippen LogP contribution is 2.28. The van der Waals surface area contributed by atoms with Gasteiger partial charge < -0.3 is 11.1 Å². The van der Waals surface area contributed by atoms with Crippen molar-refractivity contribution in [1.29, 1.82) is 0 Å². The van der Waals surface area contributed by atoms with Gasteiger partial charge >= 0.3 is 0 Å². The van der Waals surface area contributed by atoms with Crippen LogP contribution in [0.3, 0.4) is 0 Å². The summed E-state index contributed by atoms with van der Waals surface area (Å²) in [5, 5.41) is 5.91. The Hall–Kier alpha value is -4.54. The van der Waals surface area contributed by atoms with Gasteiger partial charge in [0.2, 0.25) is 0 Å². The Labute approximate surface area is 244 Å². The van der Waals surface area contributed by atoms with E-state index in [-0.39, 0.29) is 6.04 Å². The van der Waals surface area contributed by atoms with E-state index in [0.717, 1.165) is 47.5 Å². The molecule has 0 fully saturated rings. The molecule has 0 aliphatic carbocycles. The predicted molar refractivity (Wildman–Crippen MR) is 175 cm³/mol. The summed E-state index contributed by atoms with van der Waals surface area (Å²) in [5.74, 6) is 0. The van der Waals surface area contributed by atoms with Gasteiger partial charge in [0, 0.05) is 17.4 Å². The van der Waals surface area contributed by atoms with E-state index >= 15 is 0 Å². The molecule has 0 saturated heterocycles. The summed E-state index contributed by atoms with van der Waals surface area (Å²) in [6.45, 7) is 8.84. The van der Waals surface area contributed by atoms with E-state index in [4.69, 9.17) is 5.73 Å². The summed E-state index contributed by atoms with van der Waals surface area (Å²) in [6, 6.07) is 26.0. The van der Waals surface area contributed by atoms with E-state index in [1.807, 2.05) is 13.0 Å². The topological polar surface area (TPSA) is 53.3 Å². The minimum absolute atomic E-state index is 0.178. The van der Waals surface area contributed by atoms with Gasteiger partial charge in [-0.3, -0.25) is 5.01 Å². The maximum atomic E-state index is 6.70. The lowest BCUT2D eigenvalue weighted by Crippen LogP contribution is -2.40. The number of benzene rings is 3. The molecule has 1 atom stereocenters. The largest absolute Gasteiger partial charge is 0.401 e. The fourth-order valence-electron chi connectivity index (χ4n) is 5.60. The van der Waals surface area contributed by atoms with E-state index in [1.54, 1.807) is 0 Å². The highest BCUT2D eigenvalue weighted by molar-refractivity contribution is 5.72. The lowest BCUT2D eigenvalue weighted by molar-refractivity contribution is 0.720. The van der Waals surface area contributed by atoms with Crippen molar-refractivity contribution >= 4 is 17.5 Å². The number of allylic oxidation sites excluding steroid dienone is 7. The minimum Gasteiger partial charge on any atom is -0.401 e. The molecule has 0 bridgehead atoms. The number of hydrazine groups is 1. The molecule has 4 nitrogen and oxygen atoms in total. The van der Waals surface area contributed by atoms with Crippen molar-refractivity contribution in [2.75, 3.05) is 16.9 Å². The Bertz CT molecular complexity index is 1500. The Morgan fingerprint density at radius 2 is 1.68 bits per heavy atom. The van der Waals surface area contributed by atoms with Crippen LogP contribution < -0.4 is 21.5 Å². The summed E-state index contributed by atoms with van der Waals surface area (Å²) in [6.07, 6.45) is 17.3. The van der Waals surface area contributed by atoms with Crippen molar-refractivity contribution in [3.05, 3.63) is 161 Å². The first-order valence-electron chi connectivity index (χ1n) is 14.4. The molecule has 3 aromatic rings. The maximum Gasteiger partial charge on any atom is 0.0650 e. The first kappa shape index (κ1) is 28.0. The number of rotatable bonds is 7. The van der Waals surface area contributed by atoms with E-state index in [1.165, 1.54) is 28.0 Å². The SMILES string of the molecule is C=C/C(C/C(C)=C/C1Cc2ccccc2Cc2ccccc2N1)=C(/N)CNN1C(=C\C)/C=C\C=C/c2ccccc21. The molecule has 2 aliphatic rings. The average molecular weight is 541 g/mol. The molecule has 4 heteroatoms. The molecular formula is C37H40N4. The van der Waals surface area contributed by atoms with Gasteiger partial charge in [0.05, 0.1) is 17.9 Å². The van der Waals surface area contributed by atoms with Gasteiger partial charge in [-0.2, -0.15) is 0 Å². The molecule has 0 saturated carbocycles. The standard InChI is InChI=1S/C37H40N4/c1-4-28(35(38)26-39-41-34(5-2)19-11-8-14-29-15-10-13-21-37(29)41)22-27(3)23-33-25-31-17-7-6-16-30(31)24-32-18-9-12-20-36(32)40-33/h4-21,23,33,39-40H,1,22,24-26,38H2,2-3H3/b14-8-,19-11-,27-23+,34-5-,35-28-. The molecule has 4 N–H and O–H groups in total. The first-order valence-corrected chi connectivity index (χ1v) is 14.4. The van der Waals surface area contributed by atoms with E-state index in [0.29, 0.717) is 6.54 Å². The van der Waals surface area contributed by atoms with Crippen molar-refractivity contribution in [2.24, 2.45) is 5.73 Å². The molecule has 2 aliphatic heterocycles. The number of para-hydroxylation sites is 2. The van der Waals surface area contributed by atoms with Crippen LogP contribution in [-0.4, -0.2) is 12.6 Å². The predicted octanol–water partition coefficient (Wildman–Crippen LogP) is 7.85. The number of hydrogen-bond acceptors (Lipinski definition) is 4. The Kier molecular flexibility index (Phi) is 9.02. The van der Waals surface area contributed by atoms with Crippen LogP contribution >= 0.6 is 0 Å². The summed E-state index contributed by atoms with van der Waals surface area (Å²) in [4.78, 5) is 0. The van der Waals surface area contributed by atoms with Gasteiger partial charge in [-0.25, -0.2) is 5.43 Å². The van der Waals surface area contributed by atoms with Gasteiger partial charge in [0.15, 0.2) is 0 Å². The highest BCUT2D eigenvalue weighted by atomic mass is 15.5. The fourth-order valence-corrected chi connectivity index (χ4v) is 5.60. The molecule has 3 aromatic carbocycles. The highest BCUT2D eigenvalue weighted by Gasteiger charge is 2.18. The third-order valence-corrected chi connectivity index (χ3v) is 7.72. The fraction of sp³-hybridized carbons (Fsp3) is 0.189. The smallest absolute Gasteiger partial charge is 0.0650 e. The Morgan fingerprint density at radius 1 is 0.976 bits per heavy atom. The maximum absolute atomic E-state index is 6.70. The Balaban J connectivity index is 1.35. The third-order valence-electron chi connectivity index (χ3n) is 7.72. The quantitative estimate of drug-likeness (QED) is 0.211. The van der Waals surface area contributed by atoms with Crippen LogP contribution in [0.15, 0.2) is 138 Å². The van der Waals surface area contributed by atoms with E-state index in [2.05, 4.69) is 139 Å². The molecule has 5 rings (SSSR count). The van der Waals surface area contributed by atoms with Crippen LogP contribution in [-0.2, 0) is 12.8 Å². The Morgan fingerprint density at radius 3 is 2.49 bits per heavy atom. The number of nitrogens with one attached hydrogen (secondary N) is 2. The molecule has 0 radical (unpaired) electrons. The van der Waals surface area contributed by atoms with Gasteiger partial charge in [0.25, 0.3) is 0 Å². The monoisotopic (exact) mass is 540 g/mol. The number of fused-ring (bicyclic) bond motifs is 3. The third kappa shape index (κ3) is 6.79. The molecule has 2 heterocycles. The number of hydrogen-bond donors (Lipinski definition) is 3. The molecule has 208 valence electrons. The van der Waals surface area contributed by atoms with Crippen LogP contribution in [0.2, 0.25) is 0 Å². The number of nitrogens with zero attached hydrogens (tertiary/aromatic N) is 1. The van der Waals surface area contributed by atoms with Crippen molar-refractivity contribution in [3.63, 3.8) is 0 Å². The van der Waals surface area contributed by atoms with E-state index < -0.39 is 0 Å². The minimum atomic E-state index is 0.178. The molecule has 1 unspecified atom stereocenters. The zero-order chi connectivity index (χ0) is 28.6. The number of nitrogens with two attached hydrogens (primary N) is 1. The zero-order valence-electron chi connectivity index (χ0n) is 24.1. The zero-order valence-corrected chi connectivity index (χ0v) is 24.1. The second kappa shape index (κ2) is 13.2. The second-order valence-electron chi connectivity index (χ2n) is 10.7. The molecular weight excluding hydrogens is 500 g/mol. The molecule has 41 heavy (non-hydrogen) atoms. The van der Waals surface area contributed by atoms with Crippen LogP contribution in [0, 0.1) is 0 Å².